The van der Waals surface area contributed by atoms with Crippen LogP contribution in [0, 0.1) is 11.3 Å². The molecule has 1 aliphatic carbocycles. The van der Waals surface area contributed by atoms with E-state index in [2.05, 4.69) is 42.9 Å². The first-order chi connectivity index (χ1) is 10.00. The molecule has 1 aliphatic heterocycles. The van der Waals surface area contributed by atoms with E-state index in [1.807, 2.05) is 0 Å². The van der Waals surface area contributed by atoms with E-state index in [9.17, 15) is 0 Å². The summed E-state index contributed by atoms with van der Waals surface area (Å²) < 4.78 is 0. The molecule has 21 heavy (non-hydrogen) atoms. The number of likely N-dealkylation sites (tertiary alicyclic amines) is 1. The number of nitrogens with zero attached hydrogens (tertiary/aromatic N) is 2. The summed E-state index contributed by atoms with van der Waals surface area (Å²) in [4.78, 5) is 5.21. The highest BCUT2D eigenvalue weighted by atomic mass is 15.2. The highest BCUT2D eigenvalue weighted by molar-refractivity contribution is 4.90. The average molecular weight is 296 g/mol. The van der Waals surface area contributed by atoms with E-state index in [0.717, 1.165) is 18.5 Å². The molecular weight excluding hydrogens is 258 g/mol. The van der Waals surface area contributed by atoms with E-state index in [-0.39, 0.29) is 0 Å². The van der Waals surface area contributed by atoms with E-state index >= 15 is 0 Å². The normalized spacial score (nSPS) is 30.1. The first kappa shape index (κ1) is 17.2. The van der Waals surface area contributed by atoms with Crippen LogP contribution in [-0.2, 0) is 0 Å². The van der Waals surface area contributed by atoms with Gasteiger partial charge in [0.2, 0.25) is 0 Å². The summed E-state index contributed by atoms with van der Waals surface area (Å²) in [5.74, 6) is 0.817. The van der Waals surface area contributed by atoms with Crippen LogP contribution in [0.15, 0.2) is 0 Å². The Bertz CT molecular complexity index is 297. The zero-order valence-electron chi connectivity index (χ0n) is 14.8. The van der Waals surface area contributed by atoms with Crippen LogP contribution in [0.3, 0.4) is 0 Å². The average Bonchev–Trinajstić information content (AvgIpc) is 2.92. The van der Waals surface area contributed by atoms with Crippen molar-refractivity contribution in [2.75, 3.05) is 46.3 Å². The van der Waals surface area contributed by atoms with Crippen molar-refractivity contribution in [3.05, 3.63) is 0 Å². The van der Waals surface area contributed by atoms with Crippen molar-refractivity contribution in [2.24, 2.45) is 11.3 Å². The van der Waals surface area contributed by atoms with Gasteiger partial charge in [0.15, 0.2) is 0 Å². The summed E-state index contributed by atoms with van der Waals surface area (Å²) in [5.41, 5.74) is 0.534. The second kappa shape index (κ2) is 7.94. The predicted molar refractivity (Wildman–Crippen MR) is 91.8 cm³/mol. The quantitative estimate of drug-likeness (QED) is 0.779. The van der Waals surface area contributed by atoms with Gasteiger partial charge >= 0.3 is 0 Å². The molecule has 1 heterocycles. The Morgan fingerprint density at radius 3 is 2.62 bits per heavy atom. The maximum Gasteiger partial charge on any atom is 0.0109 e. The molecule has 124 valence electrons. The summed E-state index contributed by atoms with van der Waals surface area (Å²) in [5, 5.41) is 3.74. The molecule has 1 saturated carbocycles. The maximum absolute atomic E-state index is 3.74. The first-order valence-corrected chi connectivity index (χ1v) is 9.14. The van der Waals surface area contributed by atoms with Gasteiger partial charge in [-0.15, -0.1) is 0 Å². The Morgan fingerprint density at radius 2 is 1.95 bits per heavy atom. The van der Waals surface area contributed by atoms with E-state index in [1.165, 1.54) is 64.8 Å². The Kier molecular flexibility index (Phi) is 6.51. The van der Waals surface area contributed by atoms with Gasteiger partial charge in [0, 0.05) is 25.7 Å². The van der Waals surface area contributed by atoms with Crippen LogP contribution in [0.25, 0.3) is 0 Å². The van der Waals surface area contributed by atoms with Gasteiger partial charge in [-0.2, -0.15) is 0 Å². The first-order valence-electron chi connectivity index (χ1n) is 9.14. The molecule has 0 spiro atoms. The molecule has 1 saturated heterocycles. The van der Waals surface area contributed by atoms with Crippen LogP contribution in [-0.4, -0.2) is 62.2 Å². The van der Waals surface area contributed by atoms with Gasteiger partial charge in [-0.05, 0) is 70.1 Å². The van der Waals surface area contributed by atoms with Crippen LogP contribution in [0.2, 0.25) is 0 Å². The van der Waals surface area contributed by atoms with Gasteiger partial charge in [-0.25, -0.2) is 0 Å². The Balaban J connectivity index is 1.78. The fourth-order valence-electron chi connectivity index (χ4n) is 4.27. The second-order valence-electron chi connectivity index (χ2n) is 8.14. The third-order valence-electron chi connectivity index (χ3n) is 5.53. The SMILES string of the molecule is CCNC1CCC(C)(C)CC1CN(C)CCN1CCCC1. The zero-order valence-corrected chi connectivity index (χ0v) is 14.8. The lowest BCUT2D eigenvalue weighted by molar-refractivity contribution is 0.106. The molecule has 0 aromatic carbocycles. The molecule has 0 radical (unpaired) electrons. The molecule has 2 fully saturated rings. The van der Waals surface area contributed by atoms with Gasteiger partial charge in [0.05, 0.1) is 0 Å². The van der Waals surface area contributed by atoms with E-state index < -0.39 is 0 Å². The maximum atomic E-state index is 3.74. The fourth-order valence-corrected chi connectivity index (χ4v) is 4.27. The molecule has 2 rings (SSSR count). The molecular formula is C18H37N3. The minimum atomic E-state index is 0.534. The molecule has 3 nitrogen and oxygen atoms in total. The summed E-state index contributed by atoms with van der Waals surface area (Å²) in [6, 6.07) is 0.734. The van der Waals surface area contributed by atoms with Crippen LogP contribution in [0.1, 0.15) is 52.9 Å². The lowest BCUT2D eigenvalue weighted by atomic mass is 9.69. The second-order valence-corrected chi connectivity index (χ2v) is 8.14. The van der Waals surface area contributed by atoms with Crippen LogP contribution < -0.4 is 5.32 Å². The number of nitrogens with one attached hydrogen (secondary N) is 1. The van der Waals surface area contributed by atoms with Gasteiger partial charge in [0.1, 0.15) is 0 Å². The molecule has 2 aliphatic rings. The number of rotatable bonds is 7. The van der Waals surface area contributed by atoms with Crippen molar-refractivity contribution in [1.29, 1.82) is 0 Å². The Hall–Kier alpha value is -0.120. The van der Waals surface area contributed by atoms with E-state index in [0.29, 0.717) is 5.41 Å². The lowest BCUT2D eigenvalue weighted by Gasteiger charge is -2.42. The summed E-state index contributed by atoms with van der Waals surface area (Å²) in [6.07, 6.45) is 6.91. The molecule has 1 N–H and O–H groups in total. The van der Waals surface area contributed by atoms with Crippen LogP contribution in [0.5, 0.6) is 0 Å². The van der Waals surface area contributed by atoms with Crippen LogP contribution in [0.4, 0.5) is 0 Å². The highest BCUT2D eigenvalue weighted by Crippen LogP contribution is 2.39. The third kappa shape index (κ3) is 5.54. The number of hydrogen-bond acceptors (Lipinski definition) is 3. The standard InChI is InChI=1S/C18H37N3/c1-5-19-17-8-9-18(2,3)14-16(17)15-20(4)12-13-21-10-6-7-11-21/h16-17,19H,5-15H2,1-4H3. The number of likely N-dealkylation sites (N-methyl/N-ethyl adjacent to an activating group) is 1. The molecule has 0 aromatic heterocycles. The number of hydrogen-bond donors (Lipinski definition) is 1. The predicted octanol–water partition coefficient (Wildman–Crippen LogP) is 2.82. The Morgan fingerprint density at radius 1 is 1.24 bits per heavy atom. The molecule has 0 aromatic rings. The van der Waals surface area contributed by atoms with Crippen molar-refractivity contribution in [3.63, 3.8) is 0 Å². The minimum Gasteiger partial charge on any atom is -0.314 e. The van der Waals surface area contributed by atoms with E-state index in [4.69, 9.17) is 0 Å². The highest BCUT2D eigenvalue weighted by Gasteiger charge is 2.34. The smallest absolute Gasteiger partial charge is 0.0109 e. The van der Waals surface area contributed by atoms with Gasteiger partial charge in [0.25, 0.3) is 0 Å². The van der Waals surface area contributed by atoms with Crippen molar-refractivity contribution in [2.45, 2.75) is 58.9 Å². The van der Waals surface area contributed by atoms with Crippen LogP contribution >= 0.6 is 0 Å². The van der Waals surface area contributed by atoms with Crippen molar-refractivity contribution >= 4 is 0 Å². The fraction of sp³-hybridized carbons (Fsp3) is 1.00. The third-order valence-corrected chi connectivity index (χ3v) is 5.53. The molecule has 3 heteroatoms. The summed E-state index contributed by atoms with van der Waals surface area (Å²) >= 11 is 0. The largest absolute Gasteiger partial charge is 0.314 e. The summed E-state index contributed by atoms with van der Waals surface area (Å²) in [6.45, 7) is 14.7. The monoisotopic (exact) mass is 295 g/mol. The van der Waals surface area contributed by atoms with Crippen molar-refractivity contribution < 1.29 is 0 Å². The molecule has 0 bridgehead atoms. The lowest BCUT2D eigenvalue weighted by Crippen LogP contribution is -2.47. The molecule has 2 atom stereocenters. The molecule has 2 unspecified atom stereocenters. The van der Waals surface area contributed by atoms with Crippen molar-refractivity contribution in [3.8, 4) is 0 Å². The van der Waals surface area contributed by atoms with Gasteiger partial charge in [-0.3, -0.25) is 0 Å². The van der Waals surface area contributed by atoms with Gasteiger partial charge < -0.3 is 15.1 Å². The minimum absolute atomic E-state index is 0.534. The molecule has 0 amide bonds. The van der Waals surface area contributed by atoms with E-state index in [1.54, 1.807) is 0 Å². The summed E-state index contributed by atoms with van der Waals surface area (Å²) in [7, 11) is 2.32. The van der Waals surface area contributed by atoms with Gasteiger partial charge in [-0.1, -0.05) is 20.8 Å². The van der Waals surface area contributed by atoms with Crippen molar-refractivity contribution in [1.82, 2.24) is 15.1 Å². The zero-order chi connectivity index (χ0) is 15.3. The Labute approximate surface area is 132 Å². The topological polar surface area (TPSA) is 18.5 Å².